The number of carbonyl (C=O) groups excluding carboxylic acids is 2. The van der Waals surface area contributed by atoms with Crippen LogP contribution in [0.1, 0.15) is 175 Å². The van der Waals surface area contributed by atoms with E-state index in [4.69, 9.17) is 9.47 Å². The normalized spacial score (nSPS) is 17.3. The molecule has 7 heteroatoms. The Morgan fingerprint density at radius 1 is 0.673 bits per heavy atom. The smallest absolute Gasteiger partial charge is 0.306 e. The van der Waals surface area contributed by atoms with Gasteiger partial charge in [-0.25, -0.2) is 0 Å². The number of phenols is 2. The fourth-order valence-electron chi connectivity index (χ4n) is 7.89. The maximum atomic E-state index is 13.3. The summed E-state index contributed by atoms with van der Waals surface area (Å²) in [7, 11) is 0. The number of Topliss-reactive ketones (excluding diaryl/α,β-unsaturated/α-hetero) is 1. The molecule has 292 valence electrons. The number of nitrogens with zero attached hydrogens (tertiary/aromatic N) is 1. The van der Waals surface area contributed by atoms with Crippen molar-refractivity contribution in [3.63, 3.8) is 0 Å². The molecule has 1 aliphatic heterocycles. The second kappa shape index (κ2) is 15.5. The average molecular weight is 722 g/mol. The largest absolute Gasteiger partial charge is 0.507 e. The van der Waals surface area contributed by atoms with Gasteiger partial charge in [-0.1, -0.05) is 95.2 Å². The Kier molecular flexibility index (Phi) is 12.9. The van der Waals surface area contributed by atoms with Gasteiger partial charge >= 0.3 is 5.97 Å². The first kappa shape index (κ1) is 43.5. The summed E-state index contributed by atoms with van der Waals surface area (Å²) in [5.74, 6) is 0.433. The van der Waals surface area contributed by atoms with Crippen LogP contribution in [0.15, 0.2) is 24.3 Å². The third-order valence-electron chi connectivity index (χ3n) is 10.6. The molecule has 52 heavy (non-hydrogen) atoms. The summed E-state index contributed by atoms with van der Waals surface area (Å²) in [6.07, 6.45) is 2.35. The Labute approximate surface area is 315 Å². The number of ketones is 1. The van der Waals surface area contributed by atoms with Crippen molar-refractivity contribution in [3.8, 4) is 11.5 Å². The number of esters is 1. The minimum absolute atomic E-state index is 0.00832. The first-order chi connectivity index (χ1) is 23.4. The molecule has 0 aromatic heterocycles. The summed E-state index contributed by atoms with van der Waals surface area (Å²) in [4.78, 5) is 29.0. The molecule has 1 aliphatic rings. The Morgan fingerprint density at radius 3 is 1.48 bits per heavy atom. The standard InChI is InChI=1S/C45H71NO6/c1-40(2,3)32-23-29(24-33(38(32)49)41(4,5)6)17-18-37(48)52-31-27-44(13,14)46(45(15,16)28-31)20-22-51-21-19-36(47)30-25-34(42(7,8)9)39(50)35(26-30)43(10,11)12/h23-26,31,49-50H,17-22,27-28H2,1-16H3. The highest BCUT2D eigenvalue weighted by atomic mass is 16.5. The zero-order chi connectivity index (χ0) is 39.8. The van der Waals surface area contributed by atoms with Crippen LogP contribution in [0.2, 0.25) is 0 Å². The summed E-state index contributed by atoms with van der Waals surface area (Å²) in [6.45, 7) is 35.1. The number of carbonyl (C=O) groups is 2. The van der Waals surface area contributed by atoms with E-state index >= 15 is 0 Å². The minimum Gasteiger partial charge on any atom is -0.507 e. The van der Waals surface area contributed by atoms with Gasteiger partial charge in [0.1, 0.15) is 17.6 Å². The molecule has 1 saturated heterocycles. The number of rotatable bonds is 11. The van der Waals surface area contributed by atoms with Gasteiger partial charge in [0, 0.05) is 60.0 Å². The summed E-state index contributed by atoms with van der Waals surface area (Å²) in [5.41, 5.74) is 3.49. The summed E-state index contributed by atoms with van der Waals surface area (Å²) < 4.78 is 12.2. The van der Waals surface area contributed by atoms with E-state index in [1.165, 1.54) is 0 Å². The van der Waals surface area contributed by atoms with E-state index in [0.717, 1.165) is 40.7 Å². The molecule has 3 rings (SSSR count). The number of benzene rings is 2. The molecule has 0 amide bonds. The third-order valence-corrected chi connectivity index (χ3v) is 10.6. The van der Waals surface area contributed by atoms with Crippen LogP contribution in [0, 0.1) is 0 Å². The number of hydrogen-bond donors (Lipinski definition) is 2. The molecule has 1 fully saturated rings. The van der Waals surface area contributed by atoms with Crippen molar-refractivity contribution in [3.05, 3.63) is 57.6 Å². The molecule has 0 unspecified atom stereocenters. The van der Waals surface area contributed by atoms with E-state index in [9.17, 15) is 19.8 Å². The lowest BCUT2D eigenvalue weighted by atomic mass is 9.78. The van der Waals surface area contributed by atoms with Gasteiger partial charge in [-0.3, -0.25) is 14.5 Å². The van der Waals surface area contributed by atoms with Gasteiger partial charge in [0.25, 0.3) is 0 Å². The molecule has 0 saturated carbocycles. The van der Waals surface area contributed by atoms with Crippen LogP contribution < -0.4 is 0 Å². The zero-order valence-corrected chi connectivity index (χ0v) is 35.5. The van der Waals surface area contributed by atoms with Gasteiger partial charge in [0.15, 0.2) is 5.78 Å². The van der Waals surface area contributed by atoms with Crippen molar-refractivity contribution in [2.45, 2.75) is 182 Å². The quantitative estimate of drug-likeness (QED) is 0.135. The van der Waals surface area contributed by atoms with Crippen LogP contribution in [0.4, 0.5) is 0 Å². The molecule has 0 bridgehead atoms. The molecular weight excluding hydrogens is 650 g/mol. The van der Waals surface area contributed by atoms with Crippen molar-refractivity contribution < 1.29 is 29.3 Å². The van der Waals surface area contributed by atoms with Crippen LogP contribution in [0.3, 0.4) is 0 Å². The Bertz CT molecular complexity index is 1500. The molecule has 2 aromatic rings. The van der Waals surface area contributed by atoms with E-state index in [-0.39, 0.29) is 69.2 Å². The summed E-state index contributed by atoms with van der Waals surface area (Å²) >= 11 is 0. The van der Waals surface area contributed by atoms with Gasteiger partial charge in [-0.2, -0.15) is 0 Å². The molecule has 0 spiro atoms. The van der Waals surface area contributed by atoms with Crippen LogP contribution >= 0.6 is 0 Å². The number of piperidine rings is 1. The summed E-state index contributed by atoms with van der Waals surface area (Å²) in [6, 6.07) is 7.76. The van der Waals surface area contributed by atoms with Crippen LogP contribution in [0.25, 0.3) is 0 Å². The van der Waals surface area contributed by atoms with Crippen LogP contribution in [-0.4, -0.2) is 63.8 Å². The SMILES string of the molecule is CC(C)(C)c1cc(CCC(=O)OC2CC(C)(C)N(CCOCCC(=O)c3cc(C(C)(C)C)c(O)c(C(C)(C)C)c3)C(C)(C)C2)cc(C(C)(C)C)c1O. The number of likely N-dealkylation sites (tertiary alicyclic amines) is 1. The number of aromatic hydroxyl groups is 2. The highest BCUT2D eigenvalue weighted by Crippen LogP contribution is 2.42. The van der Waals surface area contributed by atoms with Crippen LogP contribution in [0.5, 0.6) is 11.5 Å². The van der Waals surface area contributed by atoms with E-state index < -0.39 is 0 Å². The van der Waals surface area contributed by atoms with Crippen molar-refractivity contribution in [2.24, 2.45) is 0 Å². The molecule has 0 atom stereocenters. The zero-order valence-electron chi connectivity index (χ0n) is 35.5. The maximum absolute atomic E-state index is 13.3. The molecule has 7 nitrogen and oxygen atoms in total. The maximum Gasteiger partial charge on any atom is 0.306 e. The van der Waals surface area contributed by atoms with Gasteiger partial charge < -0.3 is 19.7 Å². The van der Waals surface area contributed by atoms with Gasteiger partial charge in [-0.05, 0) is 84.6 Å². The highest BCUT2D eigenvalue weighted by molar-refractivity contribution is 5.97. The molecule has 2 aromatic carbocycles. The molecule has 2 N–H and O–H groups in total. The van der Waals surface area contributed by atoms with E-state index in [0.29, 0.717) is 37.5 Å². The monoisotopic (exact) mass is 722 g/mol. The molecule has 0 radical (unpaired) electrons. The van der Waals surface area contributed by atoms with Crippen molar-refractivity contribution in [1.82, 2.24) is 4.90 Å². The topological polar surface area (TPSA) is 96.3 Å². The van der Waals surface area contributed by atoms with Crippen molar-refractivity contribution in [1.29, 1.82) is 0 Å². The number of hydrogen-bond acceptors (Lipinski definition) is 7. The predicted octanol–water partition coefficient (Wildman–Crippen LogP) is 10.1. The lowest BCUT2D eigenvalue weighted by Crippen LogP contribution is -2.63. The molecular formula is C45H71NO6. The van der Waals surface area contributed by atoms with Crippen molar-refractivity contribution >= 4 is 11.8 Å². The van der Waals surface area contributed by atoms with E-state index in [1.807, 2.05) is 65.8 Å². The predicted molar refractivity (Wildman–Crippen MR) is 213 cm³/mol. The van der Waals surface area contributed by atoms with Gasteiger partial charge in [0.2, 0.25) is 0 Å². The minimum atomic E-state index is -0.303. The lowest BCUT2D eigenvalue weighted by molar-refractivity contribution is -0.161. The lowest BCUT2D eigenvalue weighted by Gasteiger charge is -2.54. The van der Waals surface area contributed by atoms with Crippen LogP contribution in [-0.2, 0) is 42.3 Å². The van der Waals surface area contributed by atoms with E-state index in [1.54, 1.807) is 0 Å². The second-order valence-electron chi connectivity index (χ2n) is 20.5. The van der Waals surface area contributed by atoms with Gasteiger partial charge in [-0.15, -0.1) is 0 Å². The molecule has 1 heterocycles. The van der Waals surface area contributed by atoms with Crippen molar-refractivity contribution in [2.75, 3.05) is 19.8 Å². The average Bonchev–Trinajstić information content (AvgIpc) is 2.94. The van der Waals surface area contributed by atoms with E-state index in [2.05, 4.69) is 74.1 Å². The molecule has 0 aliphatic carbocycles. The fraction of sp³-hybridized carbons (Fsp3) is 0.689. The number of aryl methyl sites for hydroxylation is 1. The third kappa shape index (κ3) is 10.8. The highest BCUT2D eigenvalue weighted by Gasteiger charge is 2.46. The first-order valence-electron chi connectivity index (χ1n) is 19.3. The number of ether oxygens (including phenoxy) is 2. The second-order valence-corrected chi connectivity index (χ2v) is 20.5. The Hall–Kier alpha value is -2.90. The Morgan fingerprint density at radius 2 is 1.08 bits per heavy atom. The summed E-state index contributed by atoms with van der Waals surface area (Å²) in [5, 5.41) is 22.1. The van der Waals surface area contributed by atoms with Gasteiger partial charge in [0.05, 0.1) is 13.2 Å². The Balaban J connectivity index is 1.58. The number of phenolic OH excluding ortho intramolecular Hbond substituents is 2. The first-order valence-corrected chi connectivity index (χ1v) is 19.3. The fourth-order valence-corrected chi connectivity index (χ4v) is 7.89.